The van der Waals surface area contributed by atoms with Gasteiger partial charge in [-0.2, -0.15) is 0 Å². The lowest BCUT2D eigenvalue weighted by Gasteiger charge is -2.04. The molecule has 0 fully saturated rings. The minimum Gasteiger partial charge on any atom is -0.252 e. The molecule has 0 spiro atoms. The lowest BCUT2D eigenvalue weighted by molar-refractivity contribution is 0.502. The summed E-state index contributed by atoms with van der Waals surface area (Å²) in [5.74, 6) is -1.94. The summed E-state index contributed by atoms with van der Waals surface area (Å²) in [5, 5.41) is 4.35. The lowest BCUT2D eigenvalue weighted by atomic mass is 10.1. The standard InChI is InChI=1S/2C12H20S.C8H2Br2F2N2/c2*1-2-3-4-5-6-7-9-12-10-8-11-13-12;9-3-5(11)6(12)4(10)8-7(3)13-1-2-14-8/h2*8,10-11H,2-7,9H2,1H3;1-2H. The van der Waals surface area contributed by atoms with Crippen molar-refractivity contribution in [2.75, 3.05) is 0 Å². The molecule has 0 aliphatic heterocycles. The molecular formula is C32H42Br2F2N2S2. The number of thiophene rings is 2. The second-order valence-electron chi connectivity index (χ2n) is 9.70. The SMILES string of the molecule is CCCCCCCCc1cccs1.CCCCCCCCc1cccs1.Fc1c(F)c(Br)c2nccnc2c1Br. The van der Waals surface area contributed by atoms with Crippen LogP contribution in [0.25, 0.3) is 11.0 Å². The zero-order valence-corrected chi connectivity index (χ0v) is 28.5. The third kappa shape index (κ3) is 13.2. The number of aromatic nitrogens is 2. The molecule has 0 amide bonds. The van der Waals surface area contributed by atoms with E-state index in [4.69, 9.17) is 0 Å². The molecule has 1 aromatic carbocycles. The molecule has 2 nitrogen and oxygen atoms in total. The molecule has 0 aliphatic carbocycles. The van der Waals surface area contributed by atoms with E-state index in [0.29, 0.717) is 11.0 Å². The second-order valence-corrected chi connectivity index (χ2v) is 13.4. The molecule has 4 aromatic rings. The molecule has 0 N–H and O–H groups in total. The van der Waals surface area contributed by atoms with E-state index in [-0.39, 0.29) is 8.95 Å². The van der Waals surface area contributed by atoms with Gasteiger partial charge in [0.25, 0.3) is 0 Å². The van der Waals surface area contributed by atoms with E-state index in [2.05, 4.69) is 90.7 Å². The Balaban J connectivity index is 0.000000210. The zero-order valence-electron chi connectivity index (χ0n) is 23.7. The first-order chi connectivity index (χ1) is 19.5. The Kier molecular flexibility index (Phi) is 18.8. The van der Waals surface area contributed by atoms with Crippen molar-refractivity contribution in [2.24, 2.45) is 0 Å². The van der Waals surface area contributed by atoms with Gasteiger partial charge in [-0.15, -0.1) is 22.7 Å². The first-order valence-corrected chi connectivity index (χ1v) is 17.8. The molecule has 3 heterocycles. The topological polar surface area (TPSA) is 25.8 Å². The van der Waals surface area contributed by atoms with Gasteiger partial charge in [-0.05, 0) is 80.4 Å². The maximum Gasteiger partial charge on any atom is 0.176 e. The van der Waals surface area contributed by atoms with Gasteiger partial charge in [-0.3, -0.25) is 9.97 Å². The van der Waals surface area contributed by atoms with Crippen molar-refractivity contribution in [1.82, 2.24) is 9.97 Å². The molecule has 0 unspecified atom stereocenters. The highest BCUT2D eigenvalue weighted by atomic mass is 79.9. The number of halogens is 4. The molecule has 0 saturated heterocycles. The van der Waals surface area contributed by atoms with Crippen molar-refractivity contribution in [3.8, 4) is 0 Å². The van der Waals surface area contributed by atoms with E-state index in [1.165, 1.54) is 102 Å². The van der Waals surface area contributed by atoms with Crippen LogP contribution in [0.3, 0.4) is 0 Å². The van der Waals surface area contributed by atoms with E-state index in [1.807, 2.05) is 22.7 Å². The highest BCUT2D eigenvalue weighted by molar-refractivity contribution is 9.11. The number of rotatable bonds is 14. The minimum absolute atomic E-state index is 0.0127. The van der Waals surface area contributed by atoms with Crippen LogP contribution < -0.4 is 0 Å². The Hall–Kier alpha value is -1.22. The number of hydrogen-bond acceptors (Lipinski definition) is 4. The fourth-order valence-corrected chi connectivity index (χ4v) is 6.56. The molecule has 0 radical (unpaired) electrons. The normalized spacial score (nSPS) is 10.7. The molecule has 4 rings (SSSR count). The van der Waals surface area contributed by atoms with E-state index in [0.717, 1.165) is 0 Å². The fourth-order valence-electron chi connectivity index (χ4n) is 4.13. The molecule has 0 bridgehead atoms. The number of unbranched alkanes of at least 4 members (excludes halogenated alkanes) is 10. The summed E-state index contributed by atoms with van der Waals surface area (Å²) in [6.07, 6.45) is 22.3. The summed E-state index contributed by atoms with van der Waals surface area (Å²) in [6.45, 7) is 4.54. The highest BCUT2D eigenvalue weighted by Gasteiger charge is 2.18. The van der Waals surface area contributed by atoms with Crippen LogP contribution in [0.2, 0.25) is 0 Å². The molecule has 220 valence electrons. The number of hydrogen-bond donors (Lipinski definition) is 0. The third-order valence-corrected chi connectivity index (χ3v) is 9.73. The van der Waals surface area contributed by atoms with E-state index >= 15 is 0 Å². The van der Waals surface area contributed by atoms with Gasteiger partial charge in [0.05, 0.1) is 8.95 Å². The minimum atomic E-state index is -0.968. The maximum atomic E-state index is 13.2. The molecular weight excluding hydrogens is 674 g/mol. The number of aryl methyl sites for hydroxylation is 2. The van der Waals surface area contributed by atoms with Crippen molar-refractivity contribution >= 4 is 65.6 Å². The maximum absolute atomic E-state index is 13.2. The number of fused-ring (bicyclic) bond motifs is 1. The Morgan fingerprint density at radius 1 is 0.600 bits per heavy atom. The summed E-state index contributed by atoms with van der Waals surface area (Å²) < 4.78 is 26.4. The van der Waals surface area contributed by atoms with Crippen LogP contribution in [-0.4, -0.2) is 9.97 Å². The van der Waals surface area contributed by atoms with Gasteiger partial charge in [-0.25, -0.2) is 8.78 Å². The summed E-state index contributed by atoms with van der Waals surface area (Å²) in [7, 11) is 0. The van der Waals surface area contributed by atoms with Crippen LogP contribution in [-0.2, 0) is 12.8 Å². The monoisotopic (exact) mass is 714 g/mol. The van der Waals surface area contributed by atoms with Crippen LogP contribution in [0.15, 0.2) is 56.4 Å². The Bertz CT molecular complexity index is 1090. The van der Waals surface area contributed by atoms with Gasteiger partial charge < -0.3 is 0 Å². The highest BCUT2D eigenvalue weighted by Crippen LogP contribution is 2.32. The molecule has 0 atom stereocenters. The van der Waals surface area contributed by atoms with Gasteiger partial charge >= 0.3 is 0 Å². The zero-order chi connectivity index (χ0) is 29.0. The van der Waals surface area contributed by atoms with Gasteiger partial charge in [0.1, 0.15) is 11.0 Å². The summed E-state index contributed by atoms with van der Waals surface area (Å²) in [6, 6.07) is 8.79. The Labute approximate surface area is 264 Å². The lowest BCUT2D eigenvalue weighted by Crippen LogP contribution is -1.94. The largest absolute Gasteiger partial charge is 0.252 e. The quantitative estimate of drug-likeness (QED) is 0.0738. The van der Waals surface area contributed by atoms with Crippen molar-refractivity contribution in [3.05, 3.63) is 77.8 Å². The summed E-state index contributed by atoms with van der Waals surface area (Å²) >= 11 is 9.64. The van der Waals surface area contributed by atoms with Crippen molar-refractivity contribution < 1.29 is 8.78 Å². The van der Waals surface area contributed by atoms with Crippen LogP contribution in [0.5, 0.6) is 0 Å². The smallest absolute Gasteiger partial charge is 0.176 e. The second kappa shape index (κ2) is 21.5. The molecule has 3 aromatic heterocycles. The van der Waals surface area contributed by atoms with Gasteiger partial charge in [0, 0.05) is 22.1 Å². The molecule has 8 heteroatoms. The first kappa shape index (κ1) is 35.0. The average Bonchev–Trinajstić information content (AvgIpc) is 3.70. The van der Waals surface area contributed by atoms with E-state index in [9.17, 15) is 8.78 Å². The predicted octanol–water partition coefficient (Wildman–Crippen LogP) is 12.7. The summed E-state index contributed by atoms with van der Waals surface area (Å²) in [4.78, 5) is 10.9. The third-order valence-electron chi connectivity index (χ3n) is 6.41. The van der Waals surface area contributed by atoms with Crippen LogP contribution in [0, 0.1) is 11.6 Å². The van der Waals surface area contributed by atoms with E-state index in [1.54, 1.807) is 9.75 Å². The average molecular weight is 717 g/mol. The van der Waals surface area contributed by atoms with Gasteiger partial charge in [-0.1, -0.05) is 90.2 Å². The predicted molar refractivity (Wildman–Crippen MR) is 178 cm³/mol. The first-order valence-electron chi connectivity index (χ1n) is 14.5. The van der Waals surface area contributed by atoms with Gasteiger partial charge in [0.15, 0.2) is 11.6 Å². The van der Waals surface area contributed by atoms with Crippen molar-refractivity contribution in [2.45, 2.75) is 104 Å². The fraction of sp³-hybridized carbons (Fsp3) is 0.500. The van der Waals surface area contributed by atoms with Crippen LogP contribution in [0.1, 0.15) is 101 Å². The Morgan fingerprint density at radius 2 is 0.975 bits per heavy atom. The number of benzene rings is 1. The van der Waals surface area contributed by atoms with Crippen LogP contribution in [0.4, 0.5) is 8.78 Å². The molecule has 40 heavy (non-hydrogen) atoms. The summed E-state index contributed by atoms with van der Waals surface area (Å²) in [5.41, 5.74) is 0.580. The van der Waals surface area contributed by atoms with Crippen molar-refractivity contribution in [1.29, 1.82) is 0 Å². The van der Waals surface area contributed by atoms with Crippen LogP contribution >= 0.6 is 54.5 Å². The molecule has 0 saturated carbocycles. The van der Waals surface area contributed by atoms with Gasteiger partial charge in [0.2, 0.25) is 0 Å². The Morgan fingerprint density at radius 3 is 1.32 bits per heavy atom. The number of nitrogens with zero attached hydrogens (tertiary/aromatic N) is 2. The molecule has 0 aliphatic rings. The van der Waals surface area contributed by atoms with E-state index < -0.39 is 11.6 Å². The van der Waals surface area contributed by atoms with Crippen molar-refractivity contribution in [3.63, 3.8) is 0 Å².